The number of hydrogen-bond acceptors (Lipinski definition) is 3. The number of rotatable bonds is 3. The Labute approximate surface area is 148 Å². The van der Waals surface area contributed by atoms with E-state index in [0.717, 1.165) is 41.3 Å². The predicted octanol–water partition coefficient (Wildman–Crippen LogP) is 5.17. The number of aryl methyl sites for hydroxylation is 1. The number of halogens is 2. The maximum Gasteiger partial charge on any atom is 0.339 e. The van der Waals surface area contributed by atoms with E-state index in [1.54, 1.807) is 18.2 Å². The molecule has 0 spiro atoms. The molecule has 1 aliphatic rings. The summed E-state index contributed by atoms with van der Waals surface area (Å²) in [5.41, 5.74) is 3.13. The predicted molar refractivity (Wildman–Crippen MR) is 95.3 cm³/mol. The minimum absolute atomic E-state index is 0.229. The van der Waals surface area contributed by atoms with Crippen molar-refractivity contribution >= 4 is 34.2 Å². The standard InChI is InChI=1S/C19H14Cl2O3/c20-12-5-4-11(17(21)8-12)10-23-13-6-7-15-14-2-1-3-16(14)19(22)24-18(15)9-13/h4-9H,1-3,10H2. The summed E-state index contributed by atoms with van der Waals surface area (Å²) in [5.74, 6) is 0.634. The normalized spacial score (nSPS) is 13.2. The van der Waals surface area contributed by atoms with Crippen molar-refractivity contribution in [2.75, 3.05) is 0 Å². The van der Waals surface area contributed by atoms with E-state index in [4.69, 9.17) is 32.4 Å². The average Bonchev–Trinajstić information content (AvgIpc) is 3.04. The molecular weight excluding hydrogens is 347 g/mol. The quantitative estimate of drug-likeness (QED) is 0.605. The van der Waals surface area contributed by atoms with E-state index in [-0.39, 0.29) is 5.63 Å². The zero-order chi connectivity index (χ0) is 16.7. The topological polar surface area (TPSA) is 39.4 Å². The molecule has 3 aromatic rings. The molecule has 0 aliphatic heterocycles. The monoisotopic (exact) mass is 360 g/mol. The fourth-order valence-electron chi connectivity index (χ4n) is 3.15. The highest BCUT2D eigenvalue weighted by Gasteiger charge is 2.19. The highest BCUT2D eigenvalue weighted by atomic mass is 35.5. The molecule has 0 saturated carbocycles. The van der Waals surface area contributed by atoms with Crippen LogP contribution in [0.3, 0.4) is 0 Å². The van der Waals surface area contributed by atoms with Gasteiger partial charge in [-0.05, 0) is 49.1 Å². The summed E-state index contributed by atoms with van der Waals surface area (Å²) < 4.78 is 11.2. The van der Waals surface area contributed by atoms with Crippen LogP contribution >= 0.6 is 23.2 Å². The Hall–Kier alpha value is -1.97. The molecule has 4 rings (SSSR count). The van der Waals surface area contributed by atoms with E-state index in [1.165, 1.54) is 0 Å². The second kappa shape index (κ2) is 6.15. The highest BCUT2D eigenvalue weighted by Crippen LogP contribution is 2.30. The molecule has 1 heterocycles. The second-order valence-corrected chi connectivity index (χ2v) is 6.73. The van der Waals surface area contributed by atoms with Crippen molar-refractivity contribution in [3.05, 3.63) is 73.6 Å². The van der Waals surface area contributed by atoms with Crippen molar-refractivity contribution in [2.24, 2.45) is 0 Å². The van der Waals surface area contributed by atoms with Crippen LogP contribution < -0.4 is 10.4 Å². The van der Waals surface area contributed by atoms with Gasteiger partial charge >= 0.3 is 5.63 Å². The first-order valence-electron chi connectivity index (χ1n) is 7.77. The summed E-state index contributed by atoms with van der Waals surface area (Å²) in [4.78, 5) is 12.1. The minimum atomic E-state index is -0.229. The van der Waals surface area contributed by atoms with Gasteiger partial charge in [-0.15, -0.1) is 0 Å². The zero-order valence-corrected chi connectivity index (χ0v) is 14.3. The molecule has 0 atom stereocenters. The van der Waals surface area contributed by atoms with Gasteiger partial charge in [-0.2, -0.15) is 0 Å². The Kier molecular flexibility index (Phi) is 3.99. The third-order valence-electron chi connectivity index (χ3n) is 4.35. The van der Waals surface area contributed by atoms with Gasteiger partial charge in [0.15, 0.2) is 0 Å². The van der Waals surface area contributed by atoms with Gasteiger partial charge in [0, 0.05) is 32.6 Å². The minimum Gasteiger partial charge on any atom is -0.489 e. The summed E-state index contributed by atoms with van der Waals surface area (Å²) in [5, 5.41) is 2.15. The Bertz CT molecular complexity index is 992. The molecule has 24 heavy (non-hydrogen) atoms. The molecule has 0 radical (unpaired) electrons. The van der Waals surface area contributed by atoms with E-state index in [2.05, 4.69) is 0 Å². The van der Waals surface area contributed by atoms with Crippen LogP contribution in [0.25, 0.3) is 11.0 Å². The first-order chi connectivity index (χ1) is 11.6. The third kappa shape index (κ3) is 2.79. The van der Waals surface area contributed by atoms with E-state index in [9.17, 15) is 4.79 Å². The SMILES string of the molecule is O=c1oc2cc(OCc3ccc(Cl)cc3Cl)ccc2c2c1CCC2. The summed E-state index contributed by atoms with van der Waals surface area (Å²) in [6.45, 7) is 0.316. The highest BCUT2D eigenvalue weighted by molar-refractivity contribution is 6.35. The smallest absolute Gasteiger partial charge is 0.339 e. The Morgan fingerprint density at radius 2 is 1.88 bits per heavy atom. The fraction of sp³-hybridized carbons (Fsp3) is 0.211. The second-order valence-electron chi connectivity index (χ2n) is 5.88. The van der Waals surface area contributed by atoms with Gasteiger partial charge in [-0.1, -0.05) is 29.3 Å². The summed E-state index contributed by atoms with van der Waals surface area (Å²) >= 11 is 12.0. The number of hydrogen-bond donors (Lipinski definition) is 0. The Balaban J connectivity index is 1.64. The van der Waals surface area contributed by atoms with Gasteiger partial charge in [-0.25, -0.2) is 4.79 Å². The lowest BCUT2D eigenvalue weighted by molar-refractivity contribution is 0.306. The van der Waals surface area contributed by atoms with Crippen LogP contribution in [0.15, 0.2) is 45.6 Å². The maximum atomic E-state index is 12.1. The van der Waals surface area contributed by atoms with Crippen molar-refractivity contribution in [2.45, 2.75) is 25.9 Å². The molecule has 122 valence electrons. The van der Waals surface area contributed by atoms with Crippen molar-refractivity contribution in [1.82, 2.24) is 0 Å². The van der Waals surface area contributed by atoms with Gasteiger partial charge < -0.3 is 9.15 Å². The molecule has 0 unspecified atom stereocenters. The van der Waals surface area contributed by atoms with E-state index >= 15 is 0 Å². The van der Waals surface area contributed by atoms with Gasteiger partial charge in [-0.3, -0.25) is 0 Å². The first-order valence-corrected chi connectivity index (χ1v) is 8.53. The number of fused-ring (bicyclic) bond motifs is 3. The van der Waals surface area contributed by atoms with Crippen LogP contribution in [0.4, 0.5) is 0 Å². The van der Waals surface area contributed by atoms with Crippen molar-refractivity contribution in [3.8, 4) is 5.75 Å². The molecule has 0 amide bonds. The van der Waals surface area contributed by atoms with Crippen molar-refractivity contribution in [3.63, 3.8) is 0 Å². The molecule has 0 saturated heterocycles. The van der Waals surface area contributed by atoms with E-state index < -0.39 is 0 Å². The van der Waals surface area contributed by atoms with E-state index in [0.29, 0.717) is 28.0 Å². The lowest BCUT2D eigenvalue weighted by atomic mass is 10.1. The van der Waals surface area contributed by atoms with Crippen LogP contribution in [0.1, 0.15) is 23.1 Å². The van der Waals surface area contributed by atoms with Gasteiger partial charge in [0.05, 0.1) is 0 Å². The molecular formula is C19H14Cl2O3. The molecule has 0 fully saturated rings. The van der Waals surface area contributed by atoms with Crippen LogP contribution in [-0.2, 0) is 19.4 Å². The Morgan fingerprint density at radius 1 is 1.04 bits per heavy atom. The molecule has 5 heteroatoms. The molecule has 3 nitrogen and oxygen atoms in total. The summed E-state index contributed by atoms with van der Waals surface area (Å²) in [6, 6.07) is 10.9. The maximum absolute atomic E-state index is 12.1. The molecule has 1 aromatic heterocycles. The summed E-state index contributed by atoms with van der Waals surface area (Å²) in [6.07, 6.45) is 2.74. The third-order valence-corrected chi connectivity index (χ3v) is 4.94. The molecule has 0 bridgehead atoms. The lowest BCUT2D eigenvalue weighted by Gasteiger charge is -2.10. The number of ether oxygens (including phenoxy) is 1. The van der Waals surface area contributed by atoms with E-state index in [1.807, 2.05) is 18.2 Å². The van der Waals surface area contributed by atoms with Gasteiger partial charge in [0.1, 0.15) is 17.9 Å². The van der Waals surface area contributed by atoms with Crippen molar-refractivity contribution < 1.29 is 9.15 Å². The van der Waals surface area contributed by atoms with Crippen LogP contribution in [-0.4, -0.2) is 0 Å². The number of benzene rings is 2. The Morgan fingerprint density at radius 3 is 2.71 bits per heavy atom. The fourth-order valence-corrected chi connectivity index (χ4v) is 3.62. The molecule has 1 aliphatic carbocycles. The van der Waals surface area contributed by atoms with Gasteiger partial charge in [0.25, 0.3) is 0 Å². The molecule has 0 N–H and O–H groups in total. The average molecular weight is 361 g/mol. The zero-order valence-electron chi connectivity index (χ0n) is 12.8. The lowest BCUT2D eigenvalue weighted by Crippen LogP contribution is -2.07. The van der Waals surface area contributed by atoms with Crippen molar-refractivity contribution in [1.29, 1.82) is 0 Å². The van der Waals surface area contributed by atoms with Crippen LogP contribution in [0, 0.1) is 0 Å². The van der Waals surface area contributed by atoms with Crippen LogP contribution in [0.5, 0.6) is 5.75 Å². The first kappa shape index (κ1) is 15.6. The summed E-state index contributed by atoms with van der Waals surface area (Å²) in [7, 11) is 0. The van der Waals surface area contributed by atoms with Crippen LogP contribution in [0.2, 0.25) is 10.0 Å². The van der Waals surface area contributed by atoms with Gasteiger partial charge in [0.2, 0.25) is 0 Å². The largest absolute Gasteiger partial charge is 0.489 e. The molecule has 2 aromatic carbocycles.